The number of methoxy groups -OCH3 is 1. The highest BCUT2D eigenvalue weighted by Gasteiger charge is 2.13. The van der Waals surface area contributed by atoms with Crippen molar-refractivity contribution in [3.63, 3.8) is 0 Å². The Hall–Kier alpha value is -3.37. The van der Waals surface area contributed by atoms with Crippen LogP contribution in [-0.4, -0.2) is 81.3 Å². The minimum Gasteiger partial charge on any atom is -0.463 e. The van der Waals surface area contributed by atoms with Gasteiger partial charge in [0, 0.05) is 49.6 Å². The van der Waals surface area contributed by atoms with Gasteiger partial charge in [0.25, 0.3) is 0 Å². The predicted molar refractivity (Wildman–Crippen MR) is 167 cm³/mol. The largest absolute Gasteiger partial charge is 0.463 e. The number of esters is 1. The Morgan fingerprint density at radius 1 is 0.814 bits per heavy atom. The topological polar surface area (TPSA) is 98.1 Å². The van der Waals surface area contributed by atoms with Gasteiger partial charge in [0.2, 0.25) is 0 Å². The third kappa shape index (κ3) is 14.1. The lowest BCUT2D eigenvalue weighted by molar-refractivity contribution is -0.144. The van der Waals surface area contributed by atoms with Crippen molar-refractivity contribution in [2.45, 2.75) is 51.5 Å². The highest BCUT2D eigenvalue weighted by atomic mass is 16.6. The lowest BCUT2D eigenvalue weighted by atomic mass is 10.1. The number of unbranched alkanes of at least 4 members (excludes halogenated alkanes) is 4. The number of pyridine rings is 1. The molecule has 2 heterocycles. The lowest BCUT2D eigenvalue weighted by Crippen LogP contribution is -2.15. The molecule has 0 aliphatic carbocycles. The molecule has 3 aromatic rings. The summed E-state index contributed by atoms with van der Waals surface area (Å²) in [6.45, 7) is 4.49. The molecule has 0 N–H and O–H groups in total. The van der Waals surface area contributed by atoms with Crippen LogP contribution < -0.4 is 0 Å². The zero-order valence-electron chi connectivity index (χ0n) is 25.4. The summed E-state index contributed by atoms with van der Waals surface area (Å²) in [5, 5.41) is 1.08. The SMILES string of the molecule is COCCOCCOCCOCCOC(=O)Cc1cn(CCCCCCCC(=O)/C=C/c2cccnc2)c2ccccc12. The summed E-state index contributed by atoms with van der Waals surface area (Å²) >= 11 is 0. The standard InChI is InChI=1S/C34H46N2O7/c1-39-18-19-40-20-21-41-22-23-42-24-25-43-34(38)26-30-28-36(33-13-7-6-12-32(30)33)17-8-4-2-3-5-11-31(37)15-14-29-10-9-16-35-27-29/h6-7,9-10,12-16,27-28H,2-5,8,11,17-26H2,1H3/b15-14+. The Kier molecular flexibility index (Phi) is 16.9. The van der Waals surface area contributed by atoms with Crippen LogP contribution in [0.4, 0.5) is 0 Å². The van der Waals surface area contributed by atoms with Gasteiger partial charge in [-0.25, -0.2) is 0 Å². The maximum atomic E-state index is 12.5. The molecule has 0 amide bonds. The molecule has 0 bridgehead atoms. The number of rotatable bonds is 24. The van der Waals surface area contributed by atoms with Gasteiger partial charge >= 0.3 is 5.97 Å². The first-order valence-corrected chi connectivity index (χ1v) is 15.2. The fraction of sp³-hybridized carbons (Fsp3) is 0.500. The van der Waals surface area contributed by atoms with Crippen molar-refractivity contribution in [1.29, 1.82) is 0 Å². The zero-order valence-corrected chi connectivity index (χ0v) is 25.4. The summed E-state index contributed by atoms with van der Waals surface area (Å²) in [6, 6.07) is 12.0. The van der Waals surface area contributed by atoms with Crippen molar-refractivity contribution < 1.29 is 33.3 Å². The normalized spacial score (nSPS) is 11.5. The van der Waals surface area contributed by atoms with E-state index in [0.29, 0.717) is 52.7 Å². The summed E-state index contributed by atoms with van der Waals surface area (Å²) < 4.78 is 28.8. The van der Waals surface area contributed by atoms with Gasteiger partial charge in [0.15, 0.2) is 5.78 Å². The second-order valence-electron chi connectivity index (χ2n) is 10.2. The number of hydrogen-bond donors (Lipinski definition) is 0. The van der Waals surface area contributed by atoms with Crippen LogP contribution in [-0.2, 0) is 46.2 Å². The van der Waals surface area contributed by atoms with E-state index in [9.17, 15) is 9.59 Å². The van der Waals surface area contributed by atoms with E-state index in [2.05, 4.69) is 27.9 Å². The number of carbonyl (C=O) groups is 2. The number of aryl methyl sites for hydroxylation is 1. The molecule has 0 fully saturated rings. The fourth-order valence-corrected chi connectivity index (χ4v) is 4.61. The third-order valence-electron chi connectivity index (χ3n) is 6.84. The van der Waals surface area contributed by atoms with Crippen molar-refractivity contribution in [2.75, 3.05) is 60.0 Å². The molecule has 234 valence electrons. The molecule has 2 aromatic heterocycles. The van der Waals surface area contributed by atoms with Crippen molar-refractivity contribution in [3.8, 4) is 0 Å². The van der Waals surface area contributed by atoms with Crippen LogP contribution in [0.15, 0.2) is 61.1 Å². The number of ketones is 1. The number of carbonyl (C=O) groups excluding carboxylic acids is 2. The number of para-hydroxylation sites is 1. The molecule has 0 spiro atoms. The zero-order chi connectivity index (χ0) is 30.4. The molecule has 0 aliphatic heterocycles. The first-order valence-electron chi connectivity index (χ1n) is 15.2. The first kappa shape index (κ1) is 34.1. The number of benzene rings is 1. The Labute approximate surface area is 255 Å². The summed E-state index contributed by atoms with van der Waals surface area (Å²) in [6.07, 6.45) is 15.0. The van der Waals surface area contributed by atoms with E-state index in [0.717, 1.165) is 60.7 Å². The molecule has 1 aromatic carbocycles. The molecule has 9 nitrogen and oxygen atoms in total. The van der Waals surface area contributed by atoms with Gasteiger partial charge in [-0.15, -0.1) is 0 Å². The molecular weight excluding hydrogens is 548 g/mol. The average molecular weight is 595 g/mol. The maximum Gasteiger partial charge on any atom is 0.310 e. The van der Waals surface area contributed by atoms with E-state index < -0.39 is 0 Å². The quantitative estimate of drug-likeness (QED) is 0.0768. The molecule has 0 radical (unpaired) electrons. The Morgan fingerprint density at radius 3 is 2.26 bits per heavy atom. The summed E-state index contributed by atoms with van der Waals surface area (Å²) in [7, 11) is 1.64. The molecule has 0 aliphatic rings. The van der Waals surface area contributed by atoms with E-state index in [-0.39, 0.29) is 24.8 Å². The number of aromatic nitrogens is 2. The molecule has 43 heavy (non-hydrogen) atoms. The van der Waals surface area contributed by atoms with Crippen LogP contribution in [0.3, 0.4) is 0 Å². The number of nitrogens with zero attached hydrogens (tertiary/aromatic N) is 2. The van der Waals surface area contributed by atoms with E-state index >= 15 is 0 Å². The van der Waals surface area contributed by atoms with Gasteiger partial charge in [-0.2, -0.15) is 0 Å². The Balaban J connectivity index is 1.27. The highest BCUT2D eigenvalue weighted by Crippen LogP contribution is 2.23. The van der Waals surface area contributed by atoms with Gasteiger partial charge in [0.1, 0.15) is 6.61 Å². The van der Waals surface area contributed by atoms with E-state index in [1.54, 1.807) is 25.6 Å². The van der Waals surface area contributed by atoms with Crippen LogP contribution in [0, 0.1) is 0 Å². The average Bonchev–Trinajstić information content (AvgIpc) is 3.37. The summed E-state index contributed by atoms with van der Waals surface area (Å²) in [5.41, 5.74) is 3.04. The molecule has 0 unspecified atom stereocenters. The highest BCUT2D eigenvalue weighted by molar-refractivity contribution is 5.93. The Bertz CT molecular complexity index is 1230. The van der Waals surface area contributed by atoms with Crippen LogP contribution in [0.2, 0.25) is 0 Å². The second kappa shape index (κ2) is 21.3. The molecule has 9 heteroatoms. The van der Waals surface area contributed by atoms with Crippen LogP contribution in [0.5, 0.6) is 0 Å². The summed E-state index contributed by atoms with van der Waals surface area (Å²) in [5.74, 6) is -0.108. The maximum absolute atomic E-state index is 12.5. The lowest BCUT2D eigenvalue weighted by Gasteiger charge is -2.07. The number of allylic oxidation sites excluding steroid dienone is 1. The van der Waals surface area contributed by atoms with Crippen LogP contribution in [0.25, 0.3) is 17.0 Å². The van der Waals surface area contributed by atoms with E-state index in [1.807, 2.05) is 30.3 Å². The molecule has 0 atom stereocenters. The van der Waals surface area contributed by atoms with Gasteiger partial charge < -0.3 is 28.3 Å². The fourth-order valence-electron chi connectivity index (χ4n) is 4.61. The second-order valence-corrected chi connectivity index (χ2v) is 10.2. The van der Waals surface area contributed by atoms with E-state index in [4.69, 9.17) is 23.7 Å². The molecule has 0 saturated heterocycles. The monoisotopic (exact) mass is 594 g/mol. The van der Waals surface area contributed by atoms with Crippen LogP contribution >= 0.6 is 0 Å². The van der Waals surface area contributed by atoms with Gasteiger partial charge in [-0.05, 0) is 48.3 Å². The minimum absolute atomic E-state index is 0.155. The number of fused-ring (bicyclic) bond motifs is 1. The third-order valence-corrected chi connectivity index (χ3v) is 6.84. The van der Waals surface area contributed by atoms with Crippen molar-refractivity contribution >= 4 is 28.7 Å². The molecule has 3 rings (SSSR count). The predicted octanol–water partition coefficient (Wildman–Crippen LogP) is 5.44. The van der Waals surface area contributed by atoms with Crippen LogP contribution in [0.1, 0.15) is 49.7 Å². The summed E-state index contributed by atoms with van der Waals surface area (Å²) in [4.78, 5) is 28.7. The van der Waals surface area contributed by atoms with Crippen molar-refractivity contribution in [3.05, 3.63) is 72.2 Å². The van der Waals surface area contributed by atoms with Gasteiger partial charge in [0.05, 0.1) is 52.7 Å². The van der Waals surface area contributed by atoms with Gasteiger partial charge in [-0.3, -0.25) is 14.6 Å². The van der Waals surface area contributed by atoms with Crippen molar-refractivity contribution in [2.24, 2.45) is 0 Å². The molecular formula is C34H46N2O7. The van der Waals surface area contributed by atoms with E-state index in [1.165, 1.54) is 0 Å². The van der Waals surface area contributed by atoms with Crippen molar-refractivity contribution in [1.82, 2.24) is 9.55 Å². The smallest absolute Gasteiger partial charge is 0.310 e. The number of ether oxygens (including phenoxy) is 5. The number of hydrogen-bond acceptors (Lipinski definition) is 8. The van der Waals surface area contributed by atoms with Gasteiger partial charge in [-0.1, -0.05) is 43.5 Å². The minimum atomic E-state index is -0.263. The first-order chi connectivity index (χ1) is 21.2. The molecule has 0 saturated carbocycles. The Morgan fingerprint density at radius 2 is 1.51 bits per heavy atom.